The largest absolute Gasteiger partial charge is 0.310 e. The first-order valence-electron chi connectivity index (χ1n) is 7.94. The van der Waals surface area contributed by atoms with Gasteiger partial charge in [0.2, 0.25) is 5.82 Å². The monoisotopic (exact) mass is 319 g/mol. The lowest BCUT2D eigenvalue weighted by Gasteiger charge is -2.17. The predicted octanol–water partition coefficient (Wildman–Crippen LogP) is 2.24. The first kappa shape index (κ1) is 14.6. The van der Waals surface area contributed by atoms with E-state index in [1.165, 1.54) is 10.4 Å². The lowest BCUT2D eigenvalue weighted by atomic mass is 10.1. The molecule has 1 aliphatic rings. The first-order valence-corrected chi connectivity index (χ1v) is 7.94. The highest BCUT2D eigenvalue weighted by Crippen LogP contribution is 2.29. The van der Waals surface area contributed by atoms with Crippen LogP contribution in [0.25, 0.3) is 11.4 Å². The van der Waals surface area contributed by atoms with Gasteiger partial charge in [-0.3, -0.25) is 4.79 Å². The van der Waals surface area contributed by atoms with Crippen LogP contribution in [0.1, 0.15) is 11.1 Å². The maximum absolute atomic E-state index is 12.6. The van der Waals surface area contributed by atoms with Crippen molar-refractivity contribution in [1.29, 1.82) is 0 Å². The van der Waals surface area contributed by atoms with E-state index in [1.807, 2.05) is 42.2 Å². The Labute approximate surface area is 139 Å². The minimum atomic E-state index is -0.0173. The van der Waals surface area contributed by atoms with Crippen molar-refractivity contribution >= 4 is 11.6 Å². The van der Waals surface area contributed by atoms with Gasteiger partial charge in [0.1, 0.15) is 6.54 Å². The van der Waals surface area contributed by atoms with Crippen LogP contribution >= 0.6 is 0 Å². The highest BCUT2D eigenvalue weighted by Gasteiger charge is 2.25. The Bertz CT molecular complexity index is 887. The standard InChI is InChI=1S/C18H17N5O/c1-13-7-8-14-9-10-22(16(14)11-13)17(24)12-23-20-18(19-21-23)15-5-3-2-4-6-15/h2-8,11H,9-10,12H2,1H3. The molecule has 0 fully saturated rings. The number of aryl methyl sites for hydroxylation is 1. The maximum Gasteiger partial charge on any atom is 0.250 e. The quantitative estimate of drug-likeness (QED) is 0.743. The molecule has 2 aromatic carbocycles. The smallest absolute Gasteiger partial charge is 0.250 e. The number of carbonyl (C=O) groups is 1. The average molecular weight is 319 g/mol. The Hall–Kier alpha value is -3.02. The van der Waals surface area contributed by atoms with E-state index in [2.05, 4.69) is 33.6 Å². The van der Waals surface area contributed by atoms with Crippen molar-refractivity contribution in [2.75, 3.05) is 11.4 Å². The lowest BCUT2D eigenvalue weighted by Crippen LogP contribution is -2.33. The zero-order valence-corrected chi connectivity index (χ0v) is 13.4. The van der Waals surface area contributed by atoms with Crippen molar-refractivity contribution in [2.45, 2.75) is 19.9 Å². The molecule has 0 unspecified atom stereocenters. The molecule has 3 aromatic rings. The number of carbonyl (C=O) groups excluding carboxylic acids is 1. The number of hydrogen-bond acceptors (Lipinski definition) is 4. The van der Waals surface area contributed by atoms with Gasteiger partial charge in [-0.2, -0.15) is 4.80 Å². The van der Waals surface area contributed by atoms with Gasteiger partial charge in [-0.05, 0) is 35.8 Å². The molecule has 0 radical (unpaired) electrons. The molecular weight excluding hydrogens is 302 g/mol. The second kappa shape index (κ2) is 5.88. The summed E-state index contributed by atoms with van der Waals surface area (Å²) in [5.41, 5.74) is 4.26. The molecule has 0 atom stereocenters. The zero-order chi connectivity index (χ0) is 16.5. The van der Waals surface area contributed by atoms with E-state index >= 15 is 0 Å². The third-order valence-corrected chi connectivity index (χ3v) is 4.20. The van der Waals surface area contributed by atoms with E-state index in [1.54, 1.807) is 0 Å². The van der Waals surface area contributed by atoms with Crippen molar-refractivity contribution in [2.24, 2.45) is 0 Å². The van der Waals surface area contributed by atoms with Crippen LogP contribution < -0.4 is 4.90 Å². The Kier molecular flexibility index (Phi) is 3.57. The third-order valence-electron chi connectivity index (χ3n) is 4.20. The van der Waals surface area contributed by atoms with Gasteiger partial charge < -0.3 is 4.90 Å². The number of aromatic nitrogens is 4. The molecule has 6 heteroatoms. The number of rotatable bonds is 3. The van der Waals surface area contributed by atoms with E-state index in [0.717, 1.165) is 23.2 Å². The zero-order valence-electron chi connectivity index (χ0n) is 13.4. The van der Waals surface area contributed by atoms with E-state index < -0.39 is 0 Å². The Morgan fingerprint density at radius 2 is 2.00 bits per heavy atom. The summed E-state index contributed by atoms with van der Waals surface area (Å²) >= 11 is 0. The Morgan fingerprint density at radius 1 is 1.17 bits per heavy atom. The average Bonchev–Trinajstić information content (AvgIpc) is 3.22. The molecule has 4 rings (SSSR count). The molecule has 120 valence electrons. The van der Waals surface area contributed by atoms with Gasteiger partial charge in [0.25, 0.3) is 5.91 Å². The molecule has 0 N–H and O–H groups in total. The molecule has 1 aliphatic heterocycles. The van der Waals surface area contributed by atoms with Gasteiger partial charge in [-0.1, -0.05) is 42.5 Å². The number of benzene rings is 2. The summed E-state index contributed by atoms with van der Waals surface area (Å²) in [5, 5.41) is 12.4. The molecular formula is C18H17N5O. The minimum Gasteiger partial charge on any atom is -0.310 e. The fourth-order valence-corrected chi connectivity index (χ4v) is 2.97. The summed E-state index contributed by atoms with van der Waals surface area (Å²) in [5.74, 6) is 0.512. The van der Waals surface area contributed by atoms with Gasteiger partial charge >= 0.3 is 0 Å². The van der Waals surface area contributed by atoms with Crippen LogP contribution in [0.15, 0.2) is 48.5 Å². The molecule has 1 aromatic heterocycles. The molecule has 0 spiro atoms. The summed E-state index contributed by atoms with van der Waals surface area (Å²) in [6.07, 6.45) is 0.890. The first-order chi connectivity index (χ1) is 11.7. The number of fused-ring (bicyclic) bond motifs is 1. The molecule has 0 saturated carbocycles. The molecule has 6 nitrogen and oxygen atoms in total. The number of hydrogen-bond donors (Lipinski definition) is 0. The van der Waals surface area contributed by atoms with Gasteiger partial charge in [0, 0.05) is 17.8 Å². The second-order valence-electron chi connectivity index (χ2n) is 5.94. The topological polar surface area (TPSA) is 63.9 Å². The fraction of sp³-hybridized carbons (Fsp3) is 0.222. The highest BCUT2D eigenvalue weighted by molar-refractivity contribution is 5.95. The highest BCUT2D eigenvalue weighted by atomic mass is 16.2. The summed E-state index contributed by atoms with van der Waals surface area (Å²) in [6, 6.07) is 15.9. The van der Waals surface area contributed by atoms with Crippen LogP contribution in [0.5, 0.6) is 0 Å². The Balaban J connectivity index is 1.52. The lowest BCUT2D eigenvalue weighted by molar-refractivity contribution is -0.119. The number of tetrazole rings is 1. The van der Waals surface area contributed by atoms with Crippen molar-refractivity contribution in [3.63, 3.8) is 0 Å². The summed E-state index contributed by atoms with van der Waals surface area (Å²) in [7, 11) is 0. The summed E-state index contributed by atoms with van der Waals surface area (Å²) in [6.45, 7) is 2.83. The molecule has 0 saturated heterocycles. The number of nitrogens with zero attached hydrogens (tertiary/aromatic N) is 5. The normalized spacial score (nSPS) is 13.1. The second-order valence-corrected chi connectivity index (χ2v) is 5.94. The maximum atomic E-state index is 12.6. The van der Waals surface area contributed by atoms with Crippen molar-refractivity contribution in [1.82, 2.24) is 20.2 Å². The molecule has 0 aliphatic carbocycles. The number of anilines is 1. The molecule has 0 bridgehead atoms. The van der Waals surface area contributed by atoms with E-state index in [4.69, 9.17) is 0 Å². The molecule has 1 amide bonds. The van der Waals surface area contributed by atoms with Gasteiger partial charge in [-0.15, -0.1) is 10.2 Å². The third kappa shape index (κ3) is 2.67. The van der Waals surface area contributed by atoms with Gasteiger partial charge in [-0.25, -0.2) is 0 Å². The van der Waals surface area contributed by atoms with Crippen LogP contribution in [0, 0.1) is 6.92 Å². The van der Waals surface area contributed by atoms with Crippen LogP contribution in [0.3, 0.4) is 0 Å². The SMILES string of the molecule is Cc1ccc2c(c1)N(C(=O)Cn1nnc(-c3ccccc3)n1)CC2. The van der Waals surface area contributed by atoms with E-state index in [-0.39, 0.29) is 12.5 Å². The van der Waals surface area contributed by atoms with E-state index in [9.17, 15) is 4.79 Å². The van der Waals surface area contributed by atoms with E-state index in [0.29, 0.717) is 12.4 Å². The fourth-order valence-electron chi connectivity index (χ4n) is 2.97. The minimum absolute atomic E-state index is 0.0173. The molecule has 24 heavy (non-hydrogen) atoms. The van der Waals surface area contributed by atoms with Gasteiger partial charge in [0.05, 0.1) is 0 Å². The van der Waals surface area contributed by atoms with Crippen molar-refractivity contribution < 1.29 is 4.79 Å². The predicted molar refractivity (Wildman–Crippen MR) is 90.5 cm³/mol. The molecule has 2 heterocycles. The van der Waals surface area contributed by atoms with Gasteiger partial charge in [0.15, 0.2) is 0 Å². The van der Waals surface area contributed by atoms with Crippen LogP contribution in [0.4, 0.5) is 5.69 Å². The Morgan fingerprint density at radius 3 is 2.83 bits per heavy atom. The van der Waals surface area contributed by atoms with Crippen LogP contribution in [-0.4, -0.2) is 32.7 Å². The summed E-state index contributed by atoms with van der Waals surface area (Å²) in [4.78, 5) is 15.8. The van der Waals surface area contributed by atoms with Crippen LogP contribution in [0.2, 0.25) is 0 Å². The van der Waals surface area contributed by atoms with Crippen molar-refractivity contribution in [3.8, 4) is 11.4 Å². The number of amides is 1. The summed E-state index contributed by atoms with van der Waals surface area (Å²) < 4.78 is 0. The van der Waals surface area contributed by atoms with Crippen LogP contribution in [-0.2, 0) is 17.8 Å². The van der Waals surface area contributed by atoms with Crippen molar-refractivity contribution in [3.05, 3.63) is 59.7 Å².